The Hall–Kier alpha value is -3.79. The number of fused-ring (bicyclic) bond motifs is 1. The standard InChI is InChI=1S/C22H21N3O4/c1-14(29-20-10-6-3-7-15(20)12-23)21(26)25-19(22(27)28-2)11-16-13-24-18-9-5-4-8-17(16)18/h3-10,13-14,19,24H,11H2,1-2H3,(H,25,26)/t14?,19-/m1/s1. The number of hydrogen-bond acceptors (Lipinski definition) is 5. The molecular formula is C22H21N3O4. The van der Waals surface area contributed by atoms with Crippen molar-refractivity contribution in [1.82, 2.24) is 10.3 Å². The first-order valence-electron chi connectivity index (χ1n) is 9.12. The monoisotopic (exact) mass is 391 g/mol. The molecule has 0 saturated carbocycles. The minimum absolute atomic E-state index is 0.268. The molecule has 0 spiro atoms. The van der Waals surface area contributed by atoms with Gasteiger partial charge in [0.25, 0.3) is 5.91 Å². The van der Waals surface area contributed by atoms with Crippen molar-refractivity contribution in [2.45, 2.75) is 25.5 Å². The Balaban J connectivity index is 1.73. The van der Waals surface area contributed by atoms with Gasteiger partial charge in [0, 0.05) is 23.5 Å². The third-order valence-corrected chi connectivity index (χ3v) is 4.58. The molecule has 0 aliphatic heterocycles. The van der Waals surface area contributed by atoms with E-state index < -0.39 is 24.0 Å². The van der Waals surface area contributed by atoms with Crippen molar-refractivity contribution < 1.29 is 19.1 Å². The first-order valence-corrected chi connectivity index (χ1v) is 9.12. The molecule has 1 heterocycles. The van der Waals surface area contributed by atoms with E-state index in [2.05, 4.69) is 10.3 Å². The van der Waals surface area contributed by atoms with Crippen LogP contribution in [0.3, 0.4) is 0 Å². The zero-order valence-corrected chi connectivity index (χ0v) is 16.1. The van der Waals surface area contributed by atoms with Gasteiger partial charge in [-0.1, -0.05) is 30.3 Å². The number of rotatable bonds is 7. The number of aromatic nitrogens is 1. The fourth-order valence-corrected chi connectivity index (χ4v) is 3.05. The predicted molar refractivity (Wildman–Crippen MR) is 107 cm³/mol. The molecule has 7 nitrogen and oxygen atoms in total. The summed E-state index contributed by atoms with van der Waals surface area (Å²) in [6, 6.07) is 15.5. The van der Waals surface area contributed by atoms with E-state index in [-0.39, 0.29) is 6.42 Å². The summed E-state index contributed by atoms with van der Waals surface area (Å²) in [4.78, 5) is 28.0. The third-order valence-electron chi connectivity index (χ3n) is 4.58. The number of methoxy groups -OCH3 is 1. The molecule has 2 aromatic carbocycles. The number of nitriles is 1. The number of ether oxygens (including phenoxy) is 2. The van der Waals surface area contributed by atoms with E-state index in [1.807, 2.05) is 36.5 Å². The number of benzene rings is 2. The Labute approximate surface area is 168 Å². The fraction of sp³-hybridized carbons (Fsp3) is 0.227. The van der Waals surface area contributed by atoms with Crippen molar-refractivity contribution in [2.24, 2.45) is 0 Å². The number of carbonyl (C=O) groups excluding carboxylic acids is 2. The Morgan fingerprint density at radius 1 is 1.17 bits per heavy atom. The lowest BCUT2D eigenvalue weighted by Crippen LogP contribution is -2.47. The Bertz CT molecular complexity index is 1070. The number of nitrogens with one attached hydrogen (secondary N) is 2. The van der Waals surface area contributed by atoms with Crippen molar-refractivity contribution in [1.29, 1.82) is 5.26 Å². The highest BCUT2D eigenvalue weighted by Crippen LogP contribution is 2.20. The lowest BCUT2D eigenvalue weighted by Gasteiger charge is -2.20. The number of hydrogen-bond donors (Lipinski definition) is 2. The second kappa shape index (κ2) is 8.93. The maximum atomic E-state index is 12.6. The lowest BCUT2D eigenvalue weighted by molar-refractivity contribution is -0.145. The van der Waals surface area contributed by atoms with Gasteiger partial charge in [-0.05, 0) is 30.7 Å². The Kier molecular flexibility index (Phi) is 6.15. The van der Waals surface area contributed by atoms with Crippen molar-refractivity contribution >= 4 is 22.8 Å². The van der Waals surface area contributed by atoms with Gasteiger partial charge in [-0.3, -0.25) is 4.79 Å². The molecule has 0 aliphatic carbocycles. The molecule has 2 N–H and O–H groups in total. The van der Waals surface area contributed by atoms with Crippen molar-refractivity contribution in [3.8, 4) is 11.8 Å². The van der Waals surface area contributed by atoms with Gasteiger partial charge in [0.05, 0.1) is 12.7 Å². The second-order valence-electron chi connectivity index (χ2n) is 6.52. The summed E-state index contributed by atoms with van der Waals surface area (Å²) in [6.45, 7) is 1.56. The quantitative estimate of drug-likeness (QED) is 0.603. The fourth-order valence-electron chi connectivity index (χ4n) is 3.05. The summed E-state index contributed by atoms with van der Waals surface area (Å²) < 4.78 is 10.5. The smallest absolute Gasteiger partial charge is 0.328 e. The van der Waals surface area contributed by atoms with Gasteiger partial charge < -0.3 is 19.8 Å². The zero-order valence-electron chi connectivity index (χ0n) is 16.1. The summed E-state index contributed by atoms with van der Waals surface area (Å²) in [5.74, 6) is -0.717. The first-order chi connectivity index (χ1) is 14.0. The Morgan fingerprint density at radius 3 is 2.66 bits per heavy atom. The summed E-state index contributed by atoms with van der Waals surface area (Å²) in [5.41, 5.74) is 2.16. The number of nitrogens with zero attached hydrogens (tertiary/aromatic N) is 1. The number of carbonyl (C=O) groups is 2. The number of para-hydroxylation sites is 2. The molecule has 0 fully saturated rings. The minimum Gasteiger partial charge on any atom is -0.480 e. The van der Waals surface area contributed by atoms with Crippen LogP contribution in [0.5, 0.6) is 5.75 Å². The van der Waals surface area contributed by atoms with E-state index in [1.165, 1.54) is 7.11 Å². The SMILES string of the molecule is COC(=O)[C@@H](Cc1c[nH]c2ccccc12)NC(=O)C(C)Oc1ccccc1C#N. The number of esters is 1. The molecule has 2 atom stereocenters. The molecule has 1 unspecified atom stereocenters. The normalized spacial score (nSPS) is 12.6. The number of aromatic amines is 1. The third kappa shape index (κ3) is 4.55. The highest BCUT2D eigenvalue weighted by Gasteiger charge is 2.26. The number of H-pyrrole nitrogens is 1. The van der Waals surface area contributed by atoms with Crippen molar-refractivity contribution in [3.63, 3.8) is 0 Å². The van der Waals surface area contributed by atoms with E-state index in [9.17, 15) is 9.59 Å². The molecule has 0 bridgehead atoms. The van der Waals surface area contributed by atoms with Crippen molar-refractivity contribution in [2.75, 3.05) is 7.11 Å². The van der Waals surface area contributed by atoms with E-state index in [4.69, 9.17) is 14.7 Å². The van der Waals surface area contributed by atoms with Crippen LogP contribution >= 0.6 is 0 Å². The average Bonchev–Trinajstić information content (AvgIpc) is 3.15. The molecule has 7 heteroatoms. The number of amides is 1. The van der Waals surface area contributed by atoms with Crippen LogP contribution in [0.25, 0.3) is 10.9 Å². The van der Waals surface area contributed by atoms with Gasteiger partial charge in [-0.25, -0.2) is 4.79 Å². The van der Waals surface area contributed by atoms with Crippen molar-refractivity contribution in [3.05, 3.63) is 65.9 Å². The van der Waals surface area contributed by atoms with Crippen LogP contribution in [-0.2, 0) is 20.7 Å². The summed E-state index contributed by atoms with van der Waals surface area (Å²) in [6.07, 6.45) is 1.18. The van der Waals surface area contributed by atoms with Crippen LogP contribution in [0.15, 0.2) is 54.7 Å². The Morgan fingerprint density at radius 2 is 1.90 bits per heavy atom. The molecule has 3 aromatic rings. The predicted octanol–water partition coefficient (Wildman–Crippen LogP) is 2.71. The summed E-state index contributed by atoms with van der Waals surface area (Å²) >= 11 is 0. The molecule has 1 aromatic heterocycles. The molecule has 3 rings (SSSR count). The van der Waals surface area contributed by atoms with Gasteiger partial charge in [0.2, 0.25) is 0 Å². The molecule has 29 heavy (non-hydrogen) atoms. The maximum absolute atomic E-state index is 12.6. The summed E-state index contributed by atoms with van der Waals surface area (Å²) in [7, 11) is 1.28. The minimum atomic E-state index is -0.903. The topological polar surface area (TPSA) is 104 Å². The molecule has 0 radical (unpaired) electrons. The zero-order chi connectivity index (χ0) is 20.8. The lowest BCUT2D eigenvalue weighted by atomic mass is 10.0. The van der Waals surface area contributed by atoms with Gasteiger partial charge in [0.1, 0.15) is 17.9 Å². The van der Waals surface area contributed by atoms with Gasteiger partial charge in [-0.2, -0.15) is 5.26 Å². The molecule has 148 valence electrons. The molecular weight excluding hydrogens is 370 g/mol. The van der Waals surface area contributed by atoms with Crippen LogP contribution in [-0.4, -0.2) is 36.1 Å². The van der Waals surface area contributed by atoms with Crippen LogP contribution in [0.4, 0.5) is 0 Å². The van der Waals surface area contributed by atoms with Gasteiger partial charge in [0.15, 0.2) is 6.10 Å². The van der Waals surface area contributed by atoms with Gasteiger partial charge >= 0.3 is 5.97 Å². The van der Waals surface area contributed by atoms with E-state index in [0.717, 1.165) is 16.5 Å². The molecule has 1 amide bonds. The van der Waals surface area contributed by atoms with E-state index >= 15 is 0 Å². The summed E-state index contributed by atoms with van der Waals surface area (Å²) in [5, 5.41) is 12.8. The van der Waals surface area contributed by atoms with Gasteiger partial charge in [-0.15, -0.1) is 0 Å². The molecule has 0 aliphatic rings. The van der Waals surface area contributed by atoms with Crippen LogP contribution < -0.4 is 10.1 Å². The molecule has 0 saturated heterocycles. The highest BCUT2D eigenvalue weighted by atomic mass is 16.5. The van der Waals surface area contributed by atoms with E-state index in [0.29, 0.717) is 11.3 Å². The van der Waals surface area contributed by atoms with Crippen LogP contribution in [0.1, 0.15) is 18.1 Å². The van der Waals surface area contributed by atoms with Crippen LogP contribution in [0.2, 0.25) is 0 Å². The average molecular weight is 391 g/mol. The first kappa shape index (κ1) is 20.0. The maximum Gasteiger partial charge on any atom is 0.328 e. The van der Waals surface area contributed by atoms with E-state index in [1.54, 1.807) is 31.2 Å². The second-order valence-corrected chi connectivity index (χ2v) is 6.52. The van der Waals surface area contributed by atoms with Crippen LogP contribution in [0, 0.1) is 11.3 Å². The highest BCUT2D eigenvalue weighted by molar-refractivity contribution is 5.88. The largest absolute Gasteiger partial charge is 0.480 e.